The summed E-state index contributed by atoms with van der Waals surface area (Å²) >= 11 is 0. The third-order valence-corrected chi connectivity index (χ3v) is 4.21. The number of aromatic nitrogens is 4. The predicted molar refractivity (Wildman–Crippen MR) is 100 cm³/mol. The molecule has 4 rings (SSSR count). The topological polar surface area (TPSA) is 147 Å². The van der Waals surface area contributed by atoms with Crippen LogP contribution >= 0.6 is 0 Å². The van der Waals surface area contributed by atoms with Crippen molar-refractivity contribution in [1.82, 2.24) is 20.4 Å². The van der Waals surface area contributed by atoms with E-state index < -0.39 is 5.91 Å². The first kappa shape index (κ1) is 16.2. The Morgan fingerprint density at radius 2 is 1.85 bits per heavy atom. The Morgan fingerprint density at radius 3 is 2.63 bits per heavy atom. The number of benzene rings is 2. The molecule has 130 valence electrons. The number of aromatic amines is 1. The molecule has 5 N–H and O–H groups in total. The number of carbonyl (C=O) groups excluding carboxylic acids is 1. The summed E-state index contributed by atoms with van der Waals surface area (Å²) < 4.78 is 0. The van der Waals surface area contributed by atoms with E-state index in [0.29, 0.717) is 44.8 Å². The quantitative estimate of drug-likeness (QED) is 0.513. The number of hydrogen-bond acceptors (Lipinski definition) is 6. The van der Waals surface area contributed by atoms with Crippen molar-refractivity contribution in [1.29, 1.82) is 5.26 Å². The maximum Gasteiger partial charge on any atom is 0.248 e. The number of primary amides is 1. The van der Waals surface area contributed by atoms with Crippen LogP contribution in [0.4, 0.5) is 5.82 Å². The predicted octanol–water partition coefficient (Wildman–Crippen LogP) is 2.24. The highest BCUT2D eigenvalue weighted by Crippen LogP contribution is 2.37. The second-order valence-electron chi connectivity index (χ2n) is 5.90. The number of nitrogens with two attached hydrogens (primary N) is 2. The molecule has 0 unspecified atom stereocenters. The number of nitrogen functional groups attached to an aromatic ring is 1. The van der Waals surface area contributed by atoms with Crippen LogP contribution in [0.2, 0.25) is 0 Å². The van der Waals surface area contributed by atoms with Gasteiger partial charge in [-0.15, -0.1) is 10.2 Å². The molecular weight excluding hydrogens is 342 g/mol. The van der Waals surface area contributed by atoms with Gasteiger partial charge in [0.1, 0.15) is 11.5 Å². The molecule has 4 aromatic rings. The van der Waals surface area contributed by atoms with Gasteiger partial charge in [0.2, 0.25) is 11.6 Å². The van der Waals surface area contributed by atoms with Gasteiger partial charge in [-0.05, 0) is 29.8 Å². The highest BCUT2D eigenvalue weighted by molar-refractivity contribution is 6.05. The lowest BCUT2D eigenvalue weighted by Crippen LogP contribution is -2.10. The van der Waals surface area contributed by atoms with Crippen LogP contribution in [0.15, 0.2) is 48.5 Å². The molecule has 0 fully saturated rings. The van der Waals surface area contributed by atoms with Crippen LogP contribution in [0, 0.1) is 11.3 Å². The lowest BCUT2D eigenvalue weighted by Gasteiger charge is -2.11. The minimum absolute atomic E-state index is 0.338. The summed E-state index contributed by atoms with van der Waals surface area (Å²) in [7, 11) is 0. The standard InChI is InChI=1S/C19H13N7O/c20-9-10-3-1-4-11(7-10)14-15-17(21)24-26-19(15)25-23-16(14)12-5-2-6-13(8-12)18(22)27/h1-8H,(H2,22,27)(H3,21,24,25,26). The van der Waals surface area contributed by atoms with Gasteiger partial charge in [0.15, 0.2) is 0 Å². The van der Waals surface area contributed by atoms with Crippen LogP contribution in [0.3, 0.4) is 0 Å². The molecule has 2 heterocycles. The van der Waals surface area contributed by atoms with Gasteiger partial charge >= 0.3 is 0 Å². The van der Waals surface area contributed by atoms with Crippen molar-refractivity contribution in [2.45, 2.75) is 0 Å². The monoisotopic (exact) mass is 355 g/mol. The number of anilines is 1. The second-order valence-corrected chi connectivity index (χ2v) is 5.90. The summed E-state index contributed by atoms with van der Waals surface area (Å²) in [5.41, 5.74) is 15.3. The van der Waals surface area contributed by atoms with Crippen LogP contribution in [0.5, 0.6) is 0 Å². The van der Waals surface area contributed by atoms with Crippen LogP contribution in [0.1, 0.15) is 15.9 Å². The molecule has 2 aromatic heterocycles. The Morgan fingerprint density at radius 1 is 1.07 bits per heavy atom. The molecule has 0 aliphatic carbocycles. The zero-order valence-corrected chi connectivity index (χ0v) is 14.0. The summed E-state index contributed by atoms with van der Waals surface area (Å²) in [4.78, 5) is 11.6. The van der Waals surface area contributed by atoms with E-state index in [-0.39, 0.29) is 0 Å². The smallest absolute Gasteiger partial charge is 0.248 e. The van der Waals surface area contributed by atoms with Crippen LogP contribution in [-0.4, -0.2) is 26.3 Å². The van der Waals surface area contributed by atoms with Gasteiger partial charge in [-0.1, -0.05) is 24.3 Å². The number of nitriles is 1. The molecule has 0 atom stereocenters. The van der Waals surface area contributed by atoms with Gasteiger partial charge in [-0.25, -0.2) is 0 Å². The van der Waals surface area contributed by atoms with Gasteiger partial charge in [0, 0.05) is 16.7 Å². The first-order chi connectivity index (χ1) is 13.1. The fraction of sp³-hybridized carbons (Fsp3) is 0. The van der Waals surface area contributed by atoms with Crippen LogP contribution in [0.25, 0.3) is 33.4 Å². The van der Waals surface area contributed by atoms with E-state index in [9.17, 15) is 10.1 Å². The highest BCUT2D eigenvalue weighted by atomic mass is 16.1. The van der Waals surface area contributed by atoms with E-state index in [1.54, 1.807) is 42.5 Å². The normalized spacial score (nSPS) is 10.6. The third-order valence-electron chi connectivity index (χ3n) is 4.21. The molecule has 0 aliphatic heterocycles. The maximum absolute atomic E-state index is 11.6. The van der Waals surface area contributed by atoms with Gasteiger partial charge in [-0.3, -0.25) is 9.89 Å². The molecule has 2 aromatic carbocycles. The fourth-order valence-electron chi connectivity index (χ4n) is 2.98. The molecule has 0 aliphatic rings. The molecule has 0 bridgehead atoms. The lowest BCUT2D eigenvalue weighted by molar-refractivity contribution is 0.100. The Balaban J connectivity index is 2.07. The number of nitrogens with one attached hydrogen (secondary N) is 1. The molecule has 0 saturated carbocycles. The van der Waals surface area contributed by atoms with Crippen molar-refractivity contribution in [3.63, 3.8) is 0 Å². The van der Waals surface area contributed by atoms with Crippen molar-refractivity contribution < 1.29 is 4.79 Å². The van der Waals surface area contributed by atoms with Crippen molar-refractivity contribution in [2.75, 3.05) is 5.73 Å². The lowest BCUT2D eigenvalue weighted by atomic mass is 9.95. The van der Waals surface area contributed by atoms with Crippen molar-refractivity contribution in [3.05, 3.63) is 59.7 Å². The van der Waals surface area contributed by atoms with E-state index >= 15 is 0 Å². The van der Waals surface area contributed by atoms with Crippen molar-refractivity contribution in [2.24, 2.45) is 5.73 Å². The summed E-state index contributed by atoms with van der Waals surface area (Å²) in [5, 5.41) is 25.0. The average molecular weight is 355 g/mol. The number of fused-ring (bicyclic) bond motifs is 1. The first-order valence-electron chi connectivity index (χ1n) is 7.99. The summed E-state index contributed by atoms with van der Waals surface area (Å²) in [6.45, 7) is 0. The molecule has 1 amide bonds. The zero-order chi connectivity index (χ0) is 19.0. The number of H-pyrrole nitrogens is 1. The third kappa shape index (κ3) is 2.73. The number of hydrogen-bond donors (Lipinski definition) is 3. The molecule has 0 spiro atoms. The van der Waals surface area contributed by atoms with Crippen LogP contribution in [-0.2, 0) is 0 Å². The Bertz CT molecular complexity index is 1240. The van der Waals surface area contributed by atoms with Crippen molar-refractivity contribution >= 4 is 22.8 Å². The summed E-state index contributed by atoms with van der Waals surface area (Å²) in [6, 6.07) is 16.0. The van der Waals surface area contributed by atoms with Crippen molar-refractivity contribution in [3.8, 4) is 28.5 Å². The number of nitrogens with zero attached hydrogens (tertiary/aromatic N) is 4. The summed E-state index contributed by atoms with van der Waals surface area (Å²) in [6.07, 6.45) is 0. The highest BCUT2D eigenvalue weighted by Gasteiger charge is 2.19. The van der Waals surface area contributed by atoms with E-state index in [0.717, 1.165) is 5.56 Å². The second kappa shape index (κ2) is 6.24. The number of rotatable bonds is 3. The Labute approximate surface area is 153 Å². The summed E-state index contributed by atoms with van der Waals surface area (Å²) in [5.74, 6) is -0.202. The number of amides is 1. The Hall–Kier alpha value is -4.25. The van der Waals surface area contributed by atoms with Gasteiger partial charge in [-0.2, -0.15) is 10.4 Å². The van der Waals surface area contributed by atoms with Gasteiger partial charge in [0.25, 0.3) is 0 Å². The molecular formula is C19H13N7O. The SMILES string of the molecule is N#Cc1cccc(-c2c(-c3cccc(C(N)=O)c3)nnc3n[nH]c(N)c23)c1. The largest absolute Gasteiger partial charge is 0.383 e. The van der Waals surface area contributed by atoms with E-state index in [1.807, 2.05) is 6.07 Å². The minimum atomic E-state index is -0.540. The van der Waals surface area contributed by atoms with Gasteiger partial charge in [0.05, 0.1) is 17.0 Å². The molecule has 8 nitrogen and oxygen atoms in total. The molecule has 0 saturated heterocycles. The van der Waals surface area contributed by atoms with Gasteiger partial charge < -0.3 is 11.5 Å². The first-order valence-corrected chi connectivity index (χ1v) is 7.99. The minimum Gasteiger partial charge on any atom is -0.383 e. The molecule has 0 radical (unpaired) electrons. The zero-order valence-electron chi connectivity index (χ0n) is 14.0. The van der Waals surface area contributed by atoms with E-state index in [2.05, 4.69) is 26.5 Å². The molecule has 8 heteroatoms. The van der Waals surface area contributed by atoms with E-state index in [4.69, 9.17) is 11.5 Å². The van der Waals surface area contributed by atoms with E-state index in [1.165, 1.54) is 0 Å². The van der Waals surface area contributed by atoms with Crippen LogP contribution < -0.4 is 11.5 Å². The molecule has 27 heavy (non-hydrogen) atoms. The fourth-order valence-corrected chi connectivity index (χ4v) is 2.98. The maximum atomic E-state index is 11.6. The Kier molecular flexibility index (Phi) is 3.75. The number of carbonyl (C=O) groups is 1. The average Bonchev–Trinajstić information content (AvgIpc) is 3.08.